The van der Waals surface area contributed by atoms with Crippen molar-refractivity contribution in [2.75, 3.05) is 31.2 Å². The summed E-state index contributed by atoms with van der Waals surface area (Å²) in [6.45, 7) is 2.61. The Morgan fingerprint density at radius 2 is 1.79 bits per heavy atom. The smallest absolute Gasteiger partial charge is 0.406 e. The summed E-state index contributed by atoms with van der Waals surface area (Å²) in [5.74, 6) is 1.08. The minimum Gasteiger partial charge on any atom is -0.406 e. The van der Waals surface area contributed by atoms with Crippen LogP contribution in [0.25, 0.3) is 17.0 Å². The maximum atomic E-state index is 12.6. The predicted octanol–water partition coefficient (Wildman–Crippen LogP) is 4.58. The first-order valence-electron chi connectivity index (χ1n) is 9.42. The number of hydrogen-bond donors (Lipinski definition) is 0. The van der Waals surface area contributed by atoms with Gasteiger partial charge in [0, 0.05) is 24.7 Å². The van der Waals surface area contributed by atoms with Crippen molar-refractivity contribution in [3.63, 3.8) is 0 Å². The van der Waals surface area contributed by atoms with E-state index in [2.05, 4.69) is 14.6 Å². The number of morpholine rings is 1. The molecule has 4 rings (SSSR count). The molecule has 8 heteroatoms. The standard InChI is InChI=1S/C21H20F3N3O2/c22-21(23,24)29-17-8-4-7-16(13-17)18-14-19(27-9-11-28-12-10-27)26-20(25-18)15-5-2-1-3-6-15/h1-3,5-6,8,13-14H,4,7,9-12H2. The zero-order chi connectivity index (χ0) is 20.3. The van der Waals surface area contributed by atoms with Crippen LogP contribution in [0, 0.1) is 0 Å². The number of aromatic nitrogens is 2. The molecule has 2 heterocycles. The van der Waals surface area contributed by atoms with E-state index < -0.39 is 6.36 Å². The Kier molecular flexibility index (Phi) is 5.53. The molecule has 1 saturated heterocycles. The number of alkyl halides is 3. The molecule has 1 aromatic carbocycles. The zero-order valence-electron chi connectivity index (χ0n) is 15.7. The molecular formula is C21H20F3N3O2. The molecule has 152 valence electrons. The van der Waals surface area contributed by atoms with Crippen LogP contribution >= 0.6 is 0 Å². The van der Waals surface area contributed by atoms with E-state index in [1.54, 1.807) is 0 Å². The molecule has 29 heavy (non-hydrogen) atoms. The molecule has 1 aliphatic heterocycles. The van der Waals surface area contributed by atoms with E-state index in [4.69, 9.17) is 9.72 Å². The third-order valence-corrected chi connectivity index (χ3v) is 4.72. The van der Waals surface area contributed by atoms with Gasteiger partial charge in [-0.05, 0) is 30.6 Å². The largest absolute Gasteiger partial charge is 0.573 e. The number of benzene rings is 1. The van der Waals surface area contributed by atoms with Gasteiger partial charge in [-0.15, -0.1) is 13.2 Å². The fourth-order valence-electron chi connectivity index (χ4n) is 3.35. The highest BCUT2D eigenvalue weighted by molar-refractivity contribution is 5.71. The Hall–Kier alpha value is -2.87. The van der Waals surface area contributed by atoms with Crippen molar-refractivity contribution >= 4 is 11.4 Å². The molecule has 1 aromatic heterocycles. The summed E-state index contributed by atoms with van der Waals surface area (Å²) >= 11 is 0. The highest BCUT2D eigenvalue weighted by Crippen LogP contribution is 2.32. The molecule has 0 amide bonds. The summed E-state index contributed by atoms with van der Waals surface area (Å²) in [6, 6.07) is 11.4. The van der Waals surface area contributed by atoms with Crippen molar-refractivity contribution in [1.29, 1.82) is 0 Å². The number of allylic oxidation sites excluding steroid dienone is 3. The highest BCUT2D eigenvalue weighted by atomic mass is 19.4. The van der Waals surface area contributed by atoms with E-state index >= 15 is 0 Å². The number of rotatable bonds is 4. The quantitative estimate of drug-likeness (QED) is 0.748. The Bertz CT molecular complexity index is 921. The van der Waals surface area contributed by atoms with Gasteiger partial charge in [-0.2, -0.15) is 0 Å². The second-order valence-electron chi connectivity index (χ2n) is 6.76. The summed E-state index contributed by atoms with van der Waals surface area (Å²) in [5, 5.41) is 0. The van der Waals surface area contributed by atoms with Crippen molar-refractivity contribution in [3.8, 4) is 11.4 Å². The molecular weight excluding hydrogens is 383 g/mol. The molecule has 1 aliphatic carbocycles. The molecule has 0 bridgehead atoms. The number of nitrogens with zero attached hydrogens (tertiary/aromatic N) is 3. The van der Waals surface area contributed by atoms with E-state index in [0.717, 1.165) is 11.4 Å². The molecule has 0 unspecified atom stereocenters. The first-order chi connectivity index (χ1) is 14.0. The fourth-order valence-corrected chi connectivity index (χ4v) is 3.35. The van der Waals surface area contributed by atoms with Gasteiger partial charge in [0.25, 0.3) is 0 Å². The van der Waals surface area contributed by atoms with Crippen molar-refractivity contribution in [1.82, 2.24) is 9.97 Å². The van der Waals surface area contributed by atoms with E-state index in [1.165, 1.54) is 12.2 Å². The van der Waals surface area contributed by atoms with E-state index in [1.807, 2.05) is 36.4 Å². The average Bonchev–Trinajstić information content (AvgIpc) is 2.74. The lowest BCUT2D eigenvalue weighted by Gasteiger charge is -2.28. The monoisotopic (exact) mass is 403 g/mol. The molecule has 2 aromatic rings. The van der Waals surface area contributed by atoms with Gasteiger partial charge in [-0.1, -0.05) is 30.3 Å². The van der Waals surface area contributed by atoms with Gasteiger partial charge in [0.15, 0.2) is 5.82 Å². The summed E-state index contributed by atoms with van der Waals surface area (Å²) in [6.07, 6.45) is -0.825. The van der Waals surface area contributed by atoms with Crippen LogP contribution in [0.15, 0.2) is 54.3 Å². The van der Waals surface area contributed by atoms with Gasteiger partial charge in [-0.3, -0.25) is 0 Å². The molecule has 1 fully saturated rings. The van der Waals surface area contributed by atoms with Crippen LogP contribution in [0.4, 0.5) is 19.0 Å². The number of hydrogen-bond acceptors (Lipinski definition) is 5. The fraction of sp³-hybridized carbons (Fsp3) is 0.333. The van der Waals surface area contributed by atoms with Gasteiger partial charge in [0.05, 0.1) is 18.9 Å². The van der Waals surface area contributed by atoms with Gasteiger partial charge in [0.1, 0.15) is 11.6 Å². The molecule has 0 N–H and O–H groups in total. The number of halogens is 3. The lowest BCUT2D eigenvalue weighted by Crippen LogP contribution is -2.37. The van der Waals surface area contributed by atoms with Crippen molar-refractivity contribution < 1.29 is 22.6 Å². The number of ether oxygens (including phenoxy) is 2. The molecule has 0 saturated carbocycles. The van der Waals surface area contributed by atoms with E-state index in [9.17, 15) is 13.2 Å². The van der Waals surface area contributed by atoms with Gasteiger partial charge in [0.2, 0.25) is 0 Å². The summed E-state index contributed by atoms with van der Waals surface area (Å²) in [4.78, 5) is 11.5. The zero-order valence-corrected chi connectivity index (χ0v) is 15.7. The highest BCUT2D eigenvalue weighted by Gasteiger charge is 2.32. The Morgan fingerprint density at radius 3 is 2.52 bits per heavy atom. The lowest BCUT2D eigenvalue weighted by molar-refractivity contribution is -0.303. The van der Waals surface area contributed by atoms with Crippen LogP contribution in [0.5, 0.6) is 0 Å². The van der Waals surface area contributed by atoms with E-state index in [0.29, 0.717) is 56.2 Å². The van der Waals surface area contributed by atoms with Gasteiger partial charge in [-0.25, -0.2) is 9.97 Å². The average molecular weight is 403 g/mol. The van der Waals surface area contributed by atoms with Crippen LogP contribution in [0.2, 0.25) is 0 Å². The van der Waals surface area contributed by atoms with Gasteiger partial charge < -0.3 is 14.4 Å². The van der Waals surface area contributed by atoms with Crippen LogP contribution < -0.4 is 4.90 Å². The first-order valence-corrected chi connectivity index (χ1v) is 9.42. The second-order valence-corrected chi connectivity index (χ2v) is 6.76. The van der Waals surface area contributed by atoms with Crippen molar-refractivity contribution in [2.45, 2.75) is 19.2 Å². The summed E-state index contributed by atoms with van der Waals surface area (Å²) < 4.78 is 47.4. The van der Waals surface area contributed by atoms with Crippen molar-refractivity contribution in [2.24, 2.45) is 0 Å². The Balaban J connectivity index is 1.73. The maximum absolute atomic E-state index is 12.6. The first kappa shape index (κ1) is 19.4. The lowest BCUT2D eigenvalue weighted by atomic mass is 10.0. The molecule has 5 nitrogen and oxygen atoms in total. The molecule has 0 radical (unpaired) electrons. The summed E-state index contributed by atoms with van der Waals surface area (Å²) in [5.41, 5.74) is 2.15. The summed E-state index contributed by atoms with van der Waals surface area (Å²) in [7, 11) is 0. The second kappa shape index (κ2) is 8.24. The predicted molar refractivity (Wildman–Crippen MR) is 103 cm³/mol. The van der Waals surface area contributed by atoms with Crippen LogP contribution in [-0.2, 0) is 9.47 Å². The minimum absolute atomic E-state index is 0.202. The van der Waals surface area contributed by atoms with Crippen LogP contribution in [0.3, 0.4) is 0 Å². The topological polar surface area (TPSA) is 47.5 Å². The molecule has 0 atom stereocenters. The maximum Gasteiger partial charge on any atom is 0.573 e. The van der Waals surface area contributed by atoms with Gasteiger partial charge >= 0.3 is 6.36 Å². The normalized spacial score (nSPS) is 17.6. The van der Waals surface area contributed by atoms with Crippen LogP contribution in [-0.4, -0.2) is 42.6 Å². The molecule has 0 spiro atoms. The van der Waals surface area contributed by atoms with Crippen LogP contribution in [0.1, 0.15) is 18.5 Å². The Labute approximate surface area is 166 Å². The van der Waals surface area contributed by atoms with E-state index in [-0.39, 0.29) is 5.76 Å². The Morgan fingerprint density at radius 1 is 1.03 bits per heavy atom. The van der Waals surface area contributed by atoms with Crippen molar-refractivity contribution in [3.05, 3.63) is 60.0 Å². The number of anilines is 1. The molecule has 2 aliphatic rings. The third kappa shape index (κ3) is 4.95. The SMILES string of the molecule is FC(F)(F)OC1=CCCC(c2cc(N3CCOCC3)nc(-c3ccccc3)n2)=C1. The third-order valence-electron chi connectivity index (χ3n) is 4.72. The minimum atomic E-state index is -4.72.